The molecule has 2 heterocycles. The van der Waals surface area contributed by atoms with Crippen molar-refractivity contribution in [2.75, 3.05) is 10.0 Å². The van der Waals surface area contributed by atoms with Gasteiger partial charge in [-0.15, -0.1) is 10.1 Å². The maximum absolute atomic E-state index is 5.05. The van der Waals surface area contributed by atoms with Gasteiger partial charge in [-0.05, 0) is 24.3 Å². The third-order valence-electron chi connectivity index (χ3n) is 6.55. The standard InChI is InChI=1S/C32H23N6/c1-5-13-23(14-6-1)31-33-27-21-28-30(22-29(27)37(35-31)25-17-9-3-10-18-25)38(26-19-11-4-12-20-26)36-32(34-28)24-15-7-2-8-16-24/h1-21,29H,(H,33,35)/q+1. The van der Waals surface area contributed by atoms with E-state index in [1.54, 1.807) is 0 Å². The lowest BCUT2D eigenvalue weighted by Gasteiger charge is -2.35. The van der Waals surface area contributed by atoms with Crippen LogP contribution in [0.2, 0.25) is 0 Å². The van der Waals surface area contributed by atoms with E-state index in [1.807, 2.05) is 102 Å². The van der Waals surface area contributed by atoms with E-state index in [9.17, 15) is 0 Å². The summed E-state index contributed by atoms with van der Waals surface area (Å²) in [5, 5.41) is 8.99. The fourth-order valence-electron chi connectivity index (χ4n) is 4.72. The van der Waals surface area contributed by atoms with Gasteiger partial charge in [0.05, 0.1) is 17.5 Å². The van der Waals surface area contributed by atoms with Crippen LogP contribution >= 0.6 is 0 Å². The first-order valence-corrected chi connectivity index (χ1v) is 12.5. The van der Waals surface area contributed by atoms with Gasteiger partial charge in [0, 0.05) is 11.1 Å². The Morgan fingerprint density at radius 2 is 1.21 bits per heavy atom. The second kappa shape index (κ2) is 9.28. The van der Waals surface area contributed by atoms with Gasteiger partial charge < -0.3 is 0 Å². The molecule has 0 saturated carbocycles. The summed E-state index contributed by atoms with van der Waals surface area (Å²) < 4.78 is 0. The van der Waals surface area contributed by atoms with E-state index in [2.05, 4.69) is 46.9 Å². The predicted octanol–water partition coefficient (Wildman–Crippen LogP) is 5.73. The number of hydrogen-bond acceptors (Lipinski definition) is 6. The van der Waals surface area contributed by atoms with Crippen LogP contribution in [0.15, 0.2) is 154 Å². The van der Waals surface area contributed by atoms with E-state index in [-0.39, 0.29) is 6.04 Å². The lowest BCUT2D eigenvalue weighted by atomic mass is 9.98. The van der Waals surface area contributed by atoms with Crippen LogP contribution in [0.1, 0.15) is 11.1 Å². The molecule has 0 radical (unpaired) electrons. The summed E-state index contributed by atoms with van der Waals surface area (Å²) in [5.74, 6) is 1.42. The molecule has 4 aromatic rings. The molecule has 3 aliphatic rings. The number of benzene rings is 4. The molecule has 1 N–H and O–H groups in total. The van der Waals surface area contributed by atoms with Crippen molar-refractivity contribution in [2.24, 2.45) is 15.1 Å². The van der Waals surface area contributed by atoms with E-state index in [1.165, 1.54) is 0 Å². The molecule has 6 nitrogen and oxygen atoms in total. The van der Waals surface area contributed by atoms with Gasteiger partial charge in [0.15, 0.2) is 5.84 Å². The number of amidine groups is 2. The van der Waals surface area contributed by atoms with Gasteiger partial charge in [0.2, 0.25) is 17.6 Å². The molecule has 7 rings (SSSR count). The smallest absolute Gasteiger partial charge is 0.278 e. The normalized spacial score (nSPS) is 17.9. The fourth-order valence-corrected chi connectivity index (χ4v) is 4.72. The van der Waals surface area contributed by atoms with Crippen LogP contribution in [-0.2, 0) is 0 Å². The summed E-state index contributed by atoms with van der Waals surface area (Å²) in [6, 6.07) is 40.3. The third kappa shape index (κ3) is 3.95. The van der Waals surface area contributed by atoms with Crippen molar-refractivity contribution in [1.29, 1.82) is 0 Å². The zero-order valence-electron chi connectivity index (χ0n) is 20.4. The molecule has 4 aromatic carbocycles. The quantitative estimate of drug-likeness (QED) is 0.371. The number of anilines is 2. The van der Waals surface area contributed by atoms with Crippen molar-refractivity contribution in [3.8, 4) is 0 Å². The van der Waals surface area contributed by atoms with Gasteiger partial charge >= 0.3 is 5.70 Å². The number of rotatable bonds is 4. The van der Waals surface area contributed by atoms with Gasteiger partial charge in [0.25, 0.3) is 0 Å². The highest BCUT2D eigenvalue weighted by Gasteiger charge is 2.44. The molecule has 0 saturated heterocycles. The molecule has 38 heavy (non-hydrogen) atoms. The van der Waals surface area contributed by atoms with Gasteiger partial charge in [-0.2, -0.15) is 5.01 Å². The molecule has 0 bridgehead atoms. The minimum absolute atomic E-state index is 0.279. The van der Waals surface area contributed by atoms with Crippen LogP contribution < -0.4 is 15.4 Å². The van der Waals surface area contributed by atoms with Gasteiger partial charge in [-0.25, -0.2) is 10.0 Å². The molecule has 1 unspecified atom stereocenters. The first kappa shape index (κ1) is 21.9. The van der Waals surface area contributed by atoms with Crippen LogP contribution in [0.5, 0.6) is 0 Å². The van der Waals surface area contributed by atoms with Crippen LogP contribution in [0.4, 0.5) is 11.4 Å². The Bertz CT molecular complexity index is 1620. The summed E-state index contributed by atoms with van der Waals surface area (Å²) in [5.41, 5.74) is 9.88. The predicted molar refractivity (Wildman–Crippen MR) is 153 cm³/mol. The molecule has 180 valence electrons. The minimum atomic E-state index is -0.279. The van der Waals surface area contributed by atoms with Crippen LogP contribution in [0, 0.1) is 6.08 Å². The molecule has 6 heteroatoms. The molecule has 1 aliphatic carbocycles. The third-order valence-corrected chi connectivity index (χ3v) is 6.55. The van der Waals surface area contributed by atoms with Crippen LogP contribution in [0.25, 0.3) is 0 Å². The van der Waals surface area contributed by atoms with Crippen LogP contribution in [-0.4, -0.2) is 23.4 Å². The van der Waals surface area contributed by atoms with E-state index in [4.69, 9.17) is 15.1 Å². The Balaban J connectivity index is 1.39. The summed E-state index contributed by atoms with van der Waals surface area (Å²) in [6.07, 6.45) is 5.75. The van der Waals surface area contributed by atoms with E-state index in [0.29, 0.717) is 5.84 Å². The Labute approximate surface area is 221 Å². The fraction of sp³-hybridized carbons (Fsp3) is 0.0312. The zero-order chi connectivity index (χ0) is 25.3. The Hall–Kier alpha value is -5.32. The van der Waals surface area contributed by atoms with Crippen molar-refractivity contribution < 1.29 is 0 Å². The van der Waals surface area contributed by atoms with E-state index >= 15 is 0 Å². The van der Waals surface area contributed by atoms with Crippen molar-refractivity contribution in [3.05, 3.63) is 156 Å². The second-order valence-corrected chi connectivity index (χ2v) is 9.04. The van der Waals surface area contributed by atoms with E-state index in [0.717, 1.165) is 45.4 Å². The molecule has 0 fully saturated rings. The molecule has 0 spiro atoms. The number of aliphatic imine (C=N–C) groups is 2. The van der Waals surface area contributed by atoms with Crippen molar-refractivity contribution in [1.82, 2.24) is 5.43 Å². The molecule has 1 atom stereocenters. The van der Waals surface area contributed by atoms with E-state index < -0.39 is 0 Å². The maximum atomic E-state index is 5.05. The summed E-state index contributed by atoms with van der Waals surface area (Å²) in [7, 11) is 0. The number of nitrogens with one attached hydrogen (secondary N) is 1. The SMILES string of the molecule is [C+]1=C2C(=NC(c3ccccc3)=NN2c2ccccc2)C=C2N=C(c3ccccc3)NN(c3ccccc3)C12. The van der Waals surface area contributed by atoms with Gasteiger partial charge in [-0.3, -0.25) is 5.43 Å². The molecule has 2 aliphatic heterocycles. The molecule has 0 amide bonds. The highest BCUT2D eigenvalue weighted by Crippen LogP contribution is 2.33. The lowest BCUT2D eigenvalue weighted by molar-refractivity contribution is 0.670. The largest absolute Gasteiger partial charge is 0.314 e. The van der Waals surface area contributed by atoms with Crippen molar-refractivity contribution in [2.45, 2.75) is 6.04 Å². The number of hydrogen-bond donors (Lipinski definition) is 1. The zero-order valence-corrected chi connectivity index (χ0v) is 20.4. The molecule has 0 aromatic heterocycles. The number of hydrazine groups is 1. The number of nitrogens with zero attached hydrogens (tertiary/aromatic N) is 5. The highest BCUT2D eigenvalue weighted by atomic mass is 15.6. The summed E-state index contributed by atoms with van der Waals surface area (Å²) >= 11 is 0. The highest BCUT2D eigenvalue weighted by molar-refractivity contribution is 6.21. The summed E-state index contributed by atoms with van der Waals surface area (Å²) in [6.45, 7) is 0. The molecular weight excluding hydrogens is 468 g/mol. The lowest BCUT2D eigenvalue weighted by Crippen LogP contribution is -2.54. The molecular formula is C32H23N6+. The topological polar surface area (TPSA) is 55.6 Å². The Morgan fingerprint density at radius 3 is 1.87 bits per heavy atom. The first-order valence-electron chi connectivity index (χ1n) is 12.5. The number of fused-ring (bicyclic) bond motifs is 2. The maximum Gasteiger partial charge on any atom is 0.314 e. The Morgan fingerprint density at radius 1 is 0.632 bits per heavy atom. The van der Waals surface area contributed by atoms with Crippen LogP contribution in [0.3, 0.4) is 0 Å². The number of hydrazone groups is 1. The van der Waals surface area contributed by atoms with Gasteiger partial charge in [-0.1, -0.05) is 97.1 Å². The summed E-state index contributed by atoms with van der Waals surface area (Å²) in [4.78, 5) is 10.0. The number of allylic oxidation sites excluding steroid dienone is 1. The monoisotopic (exact) mass is 491 g/mol. The first-order chi connectivity index (χ1) is 18.8. The second-order valence-electron chi connectivity index (χ2n) is 9.04. The van der Waals surface area contributed by atoms with Crippen molar-refractivity contribution >= 4 is 28.8 Å². The Kier molecular flexibility index (Phi) is 5.35. The average Bonchev–Trinajstić information content (AvgIpc) is 3.00. The van der Waals surface area contributed by atoms with Gasteiger partial charge in [0.1, 0.15) is 11.8 Å². The minimum Gasteiger partial charge on any atom is -0.278 e. The average molecular weight is 492 g/mol. The number of para-hydroxylation sites is 2. The van der Waals surface area contributed by atoms with Crippen molar-refractivity contribution in [3.63, 3.8) is 0 Å².